The monoisotopic (exact) mass is 215 g/mol. The van der Waals surface area contributed by atoms with Gasteiger partial charge in [-0.05, 0) is 36.9 Å². The Morgan fingerprint density at radius 1 is 1.25 bits per heavy atom. The molecule has 1 N–H and O–H groups in total. The van der Waals surface area contributed by atoms with Gasteiger partial charge in [-0.2, -0.15) is 0 Å². The van der Waals surface area contributed by atoms with Gasteiger partial charge in [0.15, 0.2) is 0 Å². The molecule has 0 unspecified atom stereocenters. The van der Waals surface area contributed by atoms with Gasteiger partial charge in [0.25, 0.3) is 0 Å². The highest BCUT2D eigenvalue weighted by atomic mass is 16.4. The maximum Gasteiger partial charge on any atom is 0.313 e. The maximum absolute atomic E-state index is 11.1. The lowest BCUT2D eigenvalue weighted by molar-refractivity contribution is -0.142. The van der Waals surface area contributed by atoms with E-state index in [0.717, 1.165) is 16.3 Å². The van der Waals surface area contributed by atoms with Crippen LogP contribution < -0.4 is 0 Å². The Morgan fingerprint density at radius 2 is 2.00 bits per heavy atom. The van der Waals surface area contributed by atoms with E-state index < -0.39 is 11.4 Å². The predicted molar refractivity (Wildman–Crippen MR) is 62.4 cm³/mol. The van der Waals surface area contributed by atoms with E-state index in [0.29, 0.717) is 0 Å². The molecule has 0 atom stereocenters. The highest BCUT2D eigenvalue weighted by Crippen LogP contribution is 2.26. The van der Waals surface area contributed by atoms with Crippen LogP contribution >= 0.6 is 0 Å². The van der Waals surface area contributed by atoms with Crippen molar-refractivity contribution in [2.45, 2.75) is 19.3 Å². The molecule has 0 radical (unpaired) electrons. The van der Waals surface area contributed by atoms with E-state index in [1.54, 1.807) is 26.2 Å². The molecule has 2 rings (SSSR count). The predicted octanol–water partition coefficient (Wildman–Crippen LogP) is 2.60. The fourth-order valence-electron chi connectivity index (χ4n) is 1.60. The number of benzene rings is 1. The van der Waals surface area contributed by atoms with Crippen LogP contribution in [0.15, 0.2) is 36.7 Å². The highest BCUT2D eigenvalue weighted by molar-refractivity contribution is 5.86. The smallest absolute Gasteiger partial charge is 0.313 e. The summed E-state index contributed by atoms with van der Waals surface area (Å²) < 4.78 is 0. The molecule has 0 aliphatic carbocycles. The van der Waals surface area contributed by atoms with Gasteiger partial charge in [-0.1, -0.05) is 12.1 Å². The normalized spacial score (nSPS) is 11.6. The molecule has 1 aromatic carbocycles. The molecule has 82 valence electrons. The molecule has 0 saturated heterocycles. The first-order chi connectivity index (χ1) is 7.51. The summed E-state index contributed by atoms with van der Waals surface area (Å²) >= 11 is 0. The molecule has 0 spiro atoms. The summed E-state index contributed by atoms with van der Waals surface area (Å²) in [5.41, 5.74) is -0.0593. The standard InChI is InChI=1S/C13H13NO2/c1-13(2,12(15)16)11-4-3-10-8-14-6-5-9(10)7-11/h3-8H,1-2H3,(H,15,16). The third kappa shape index (κ3) is 1.65. The number of hydrogen-bond acceptors (Lipinski definition) is 2. The van der Waals surface area contributed by atoms with Crippen LogP contribution in [-0.4, -0.2) is 16.1 Å². The van der Waals surface area contributed by atoms with Crippen molar-refractivity contribution in [3.63, 3.8) is 0 Å². The Hall–Kier alpha value is -1.90. The van der Waals surface area contributed by atoms with Crippen molar-refractivity contribution in [1.82, 2.24) is 4.98 Å². The number of aromatic nitrogens is 1. The van der Waals surface area contributed by atoms with Crippen LogP contribution in [0.3, 0.4) is 0 Å². The molecular weight excluding hydrogens is 202 g/mol. The van der Waals surface area contributed by atoms with Crippen molar-refractivity contribution in [2.75, 3.05) is 0 Å². The average molecular weight is 215 g/mol. The Bertz CT molecular complexity index is 546. The molecule has 3 nitrogen and oxygen atoms in total. The van der Waals surface area contributed by atoms with Gasteiger partial charge in [0.1, 0.15) is 0 Å². The topological polar surface area (TPSA) is 50.2 Å². The molecule has 0 bridgehead atoms. The third-order valence-electron chi connectivity index (χ3n) is 2.90. The second-order valence-corrected chi connectivity index (χ2v) is 4.37. The second-order valence-electron chi connectivity index (χ2n) is 4.37. The molecule has 1 aromatic heterocycles. The molecule has 0 aliphatic heterocycles. The lowest BCUT2D eigenvalue weighted by atomic mass is 9.84. The van der Waals surface area contributed by atoms with Crippen molar-refractivity contribution < 1.29 is 9.90 Å². The van der Waals surface area contributed by atoms with Gasteiger partial charge in [-0.3, -0.25) is 9.78 Å². The highest BCUT2D eigenvalue weighted by Gasteiger charge is 2.29. The average Bonchev–Trinajstić information content (AvgIpc) is 2.28. The molecule has 0 fully saturated rings. The summed E-state index contributed by atoms with van der Waals surface area (Å²) in [7, 11) is 0. The number of aliphatic carboxylic acids is 1. The number of carboxylic acids is 1. The fourth-order valence-corrected chi connectivity index (χ4v) is 1.60. The molecule has 16 heavy (non-hydrogen) atoms. The van der Waals surface area contributed by atoms with Crippen molar-refractivity contribution in [3.8, 4) is 0 Å². The Labute approximate surface area is 93.7 Å². The number of carbonyl (C=O) groups is 1. The quantitative estimate of drug-likeness (QED) is 0.837. The van der Waals surface area contributed by atoms with Crippen LogP contribution in [0.4, 0.5) is 0 Å². The van der Waals surface area contributed by atoms with Crippen LogP contribution in [0.5, 0.6) is 0 Å². The van der Waals surface area contributed by atoms with Gasteiger partial charge in [0.2, 0.25) is 0 Å². The van der Waals surface area contributed by atoms with Crippen molar-refractivity contribution in [1.29, 1.82) is 0 Å². The van der Waals surface area contributed by atoms with E-state index in [2.05, 4.69) is 4.98 Å². The zero-order valence-corrected chi connectivity index (χ0v) is 9.27. The fraction of sp³-hybridized carbons (Fsp3) is 0.231. The van der Waals surface area contributed by atoms with Crippen LogP contribution in [0, 0.1) is 0 Å². The largest absolute Gasteiger partial charge is 0.481 e. The number of carboxylic acid groups (broad SMARTS) is 1. The van der Waals surface area contributed by atoms with E-state index in [4.69, 9.17) is 5.11 Å². The minimum absolute atomic E-state index is 0.804. The summed E-state index contributed by atoms with van der Waals surface area (Å²) in [6.07, 6.45) is 3.48. The van der Waals surface area contributed by atoms with Crippen LogP contribution in [0.1, 0.15) is 19.4 Å². The summed E-state index contributed by atoms with van der Waals surface area (Å²) in [5.74, 6) is -0.819. The van der Waals surface area contributed by atoms with Crippen molar-refractivity contribution >= 4 is 16.7 Å². The minimum Gasteiger partial charge on any atom is -0.481 e. The SMILES string of the molecule is CC(C)(C(=O)O)c1ccc2cnccc2c1. The number of rotatable bonds is 2. The first-order valence-corrected chi connectivity index (χ1v) is 5.09. The zero-order chi connectivity index (χ0) is 11.8. The number of hydrogen-bond donors (Lipinski definition) is 1. The van der Waals surface area contributed by atoms with Crippen LogP contribution in [-0.2, 0) is 10.2 Å². The minimum atomic E-state index is -0.864. The molecule has 0 amide bonds. The second kappa shape index (κ2) is 3.59. The van der Waals surface area contributed by atoms with Crippen LogP contribution in [0.2, 0.25) is 0 Å². The van der Waals surface area contributed by atoms with Crippen LogP contribution in [0.25, 0.3) is 10.8 Å². The Morgan fingerprint density at radius 3 is 2.69 bits per heavy atom. The van der Waals surface area contributed by atoms with Crippen molar-refractivity contribution in [3.05, 3.63) is 42.2 Å². The van der Waals surface area contributed by atoms with Gasteiger partial charge in [-0.15, -0.1) is 0 Å². The summed E-state index contributed by atoms with van der Waals surface area (Å²) in [6.45, 7) is 3.41. The summed E-state index contributed by atoms with van der Waals surface area (Å²) in [6, 6.07) is 7.54. The first-order valence-electron chi connectivity index (χ1n) is 5.09. The first kappa shape index (κ1) is 10.6. The van der Waals surface area contributed by atoms with E-state index in [-0.39, 0.29) is 0 Å². The Balaban J connectivity index is 2.59. The molecule has 2 aromatic rings. The molecule has 1 heterocycles. The molecule has 0 aliphatic rings. The Kier molecular flexibility index (Phi) is 2.38. The van der Waals surface area contributed by atoms with Gasteiger partial charge >= 0.3 is 5.97 Å². The maximum atomic E-state index is 11.1. The van der Waals surface area contributed by atoms with E-state index in [1.165, 1.54) is 0 Å². The third-order valence-corrected chi connectivity index (χ3v) is 2.90. The molecule has 0 saturated carbocycles. The lowest BCUT2D eigenvalue weighted by Gasteiger charge is -2.19. The lowest BCUT2D eigenvalue weighted by Crippen LogP contribution is -2.28. The number of fused-ring (bicyclic) bond motifs is 1. The van der Waals surface area contributed by atoms with Gasteiger partial charge in [0.05, 0.1) is 5.41 Å². The molecular formula is C13H13NO2. The summed E-state index contributed by atoms with van der Waals surface area (Å²) in [5, 5.41) is 11.2. The van der Waals surface area contributed by atoms with Crippen molar-refractivity contribution in [2.24, 2.45) is 0 Å². The van der Waals surface area contributed by atoms with Gasteiger partial charge < -0.3 is 5.11 Å². The number of pyridine rings is 1. The zero-order valence-electron chi connectivity index (χ0n) is 9.27. The number of nitrogens with zero attached hydrogens (tertiary/aromatic N) is 1. The van der Waals surface area contributed by atoms with E-state index in [1.807, 2.05) is 24.3 Å². The van der Waals surface area contributed by atoms with E-state index >= 15 is 0 Å². The van der Waals surface area contributed by atoms with E-state index in [9.17, 15) is 4.79 Å². The molecule has 3 heteroatoms. The summed E-state index contributed by atoms with van der Waals surface area (Å²) in [4.78, 5) is 15.2. The van der Waals surface area contributed by atoms with Gasteiger partial charge in [0, 0.05) is 17.8 Å². The van der Waals surface area contributed by atoms with Gasteiger partial charge in [-0.25, -0.2) is 0 Å².